The molecule has 4 rings (SSSR count). The predicted octanol–water partition coefficient (Wildman–Crippen LogP) is 4.33. The summed E-state index contributed by atoms with van der Waals surface area (Å²) in [5.41, 5.74) is 1.59. The van der Waals surface area contributed by atoms with Gasteiger partial charge >= 0.3 is 6.03 Å². The minimum atomic E-state index is -0.802. The Balaban J connectivity index is 1.48. The van der Waals surface area contributed by atoms with Gasteiger partial charge in [-0.2, -0.15) is 0 Å². The zero-order chi connectivity index (χ0) is 23.9. The highest BCUT2D eigenvalue weighted by molar-refractivity contribution is 7.99. The van der Waals surface area contributed by atoms with E-state index in [2.05, 4.69) is 20.8 Å². The number of benzene rings is 3. The predicted molar refractivity (Wildman–Crippen MR) is 124 cm³/mol. The molecular weight excluding hydrogens is 460 g/mol. The number of carbonyl (C=O) groups is 2. The second-order valence-corrected chi connectivity index (χ2v) is 8.05. The lowest BCUT2D eigenvalue weighted by molar-refractivity contribution is -0.117. The third-order valence-corrected chi connectivity index (χ3v) is 5.63. The molecule has 0 aliphatic carbocycles. The monoisotopic (exact) mass is 479 g/mol. The van der Waals surface area contributed by atoms with Gasteiger partial charge in [0.2, 0.25) is 5.91 Å². The van der Waals surface area contributed by atoms with Gasteiger partial charge in [0.15, 0.2) is 11.0 Å². The molecule has 1 heterocycles. The van der Waals surface area contributed by atoms with E-state index in [0.717, 1.165) is 29.5 Å². The van der Waals surface area contributed by atoms with Crippen LogP contribution >= 0.6 is 11.8 Å². The number of nitrogens with zero attached hydrogens (tertiary/aromatic N) is 3. The van der Waals surface area contributed by atoms with E-state index in [1.165, 1.54) is 10.6 Å². The van der Waals surface area contributed by atoms with Crippen molar-refractivity contribution >= 4 is 23.7 Å². The first-order valence-corrected chi connectivity index (χ1v) is 11.2. The molecular formula is C24H19F2N5O2S. The number of halogens is 2. The fraction of sp³-hybridized carbons (Fsp3) is 0.0833. The van der Waals surface area contributed by atoms with Gasteiger partial charge in [-0.3, -0.25) is 14.7 Å². The molecule has 10 heteroatoms. The Bertz CT molecular complexity index is 1300. The second-order valence-electron chi connectivity index (χ2n) is 7.11. The van der Waals surface area contributed by atoms with E-state index < -0.39 is 23.6 Å². The summed E-state index contributed by atoms with van der Waals surface area (Å²) < 4.78 is 29.5. The molecule has 0 fully saturated rings. The van der Waals surface area contributed by atoms with Gasteiger partial charge in [-0.1, -0.05) is 72.4 Å². The van der Waals surface area contributed by atoms with Crippen molar-refractivity contribution in [2.75, 3.05) is 5.75 Å². The molecule has 0 unspecified atom stereocenters. The van der Waals surface area contributed by atoms with E-state index in [1.807, 2.05) is 36.4 Å². The van der Waals surface area contributed by atoms with Crippen LogP contribution in [0.1, 0.15) is 5.56 Å². The lowest BCUT2D eigenvalue weighted by atomic mass is 10.2. The molecule has 3 aromatic carbocycles. The lowest BCUT2D eigenvalue weighted by Crippen LogP contribution is -2.40. The van der Waals surface area contributed by atoms with Crippen molar-refractivity contribution in [1.29, 1.82) is 0 Å². The fourth-order valence-electron chi connectivity index (χ4n) is 3.13. The normalized spacial score (nSPS) is 10.6. The summed E-state index contributed by atoms with van der Waals surface area (Å²) in [6.45, 7) is 0.270. The van der Waals surface area contributed by atoms with Gasteiger partial charge in [0, 0.05) is 18.2 Å². The molecule has 0 saturated heterocycles. The number of hydrogen-bond donors (Lipinski definition) is 2. The SMILES string of the molecule is O=C(CSc1nnc(-c2ccccc2)n1-c1ccc(F)cc1F)NC(=O)NCc1ccccc1. The van der Waals surface area contributed by atoms with Crippen molar-refractivity contribution in [3.63, 3.8) is 0 Å². The minimum absolute atomic E-state index is 0.0359. The van der Waals surface area contributed by atoms with E-state index in [-0.39, 0.29) is 23.1 Å². The Morgan fingerprint density at radius 1 is 0.912 bits per heavy atom. The molecule has 0 saturated carbocycles. The van der Waals surface area contributed by atoms with Gasteiger partial charge in [0.1, 0.15) is 11.6 Å². The molecule has 0 spiro atoms. The molecule has 172 valence electrons. The average Bonchev–Trinajstić information content (AvgIpc) is 3.26. The van der Waals surface area contributed by atoms with Crippen molar-refractivity contribution in [3.05, 3.63) is 96.1 Å². The van der Waals surface area contributed by atoms with E-state index in [4.69, 9.17) is 0 Å². The Labute approximate surface area is 198 Å². The molecule has 0 aliphatic rings. The van der Waals surface area contributed by atoms with Crippen molar-refractivity contribution < 1.29 is 18.4 Å². The highest BCUT2D eigenvalue weighted by atomic mass is 32.2. The molecule has 4 aromatic rings. The quantitative estimate of drug-likeness (QED) is 0.385. The van der Waals surface area contributed by atoms with Gasteiger partial charge in [-0.05, 0) is 17.7 Å². The van der Waals surface area contributed by atoms with Crippen molar-refractivity contribution in [2.45, 2.75) is 11.7 Å². The standard InChI is InChI=1S/C24H19F2N5O2S/c25-18-11-12-20(19(26)13-18)31-22(17-9-5-2-6-10-17)29-30-24(31)34-15-21(32)28-23(33)27-14-16-7-3-1-4-8-16/h1-13H,14-15H2,(H2,27,28,32,33). The van der Waals surface area contributed by atoms with Gasteiger partial charge in [-0.25, -0.2) is 13.6 Å². The summed E-state index contributed by atoms with van der Waals surface area (Å²) in [5.74, 6) is -1.93. The fourth-order valence-corrected chi connectivity index (χ4v) is 3.88. The maximum atomic E-state index is 14.6. The van der Waals surface area contributed by atoms with Gasteiger partial charge in [0.05, 0.1) is 11.4 Å². The van der Waals surface area contributed by atoms with Crippen LogP contribution < -0.4 is 10.6 Å². The summed E-state index contributed by atoms with van der Waals surface area (Å²) >= 11 is 0.972. The van der Waals surface area contributed by atoms with Crippen molar-refractivity contribution in [2.24, 2.45) is 0 Å². The lowest BCUT2D eigenvalue weighted by Gasteiger charge is -2.11. The van der Waals surface area contributed by atoms with Crippen LogP contribution in [0.4, 0.5) is 13.6 Å². The topological polar surface area (TPSA) is 88.9 Å². The molecule has 0 atom stereocenters. The van der Waals surface area contributed by atoms with Crippen LogP contribution in [-0.4, -0.2) is 32.5 Å². The number of carbonyl (C=O) groups excluding carboxylic acids is 2. The summed E-state index contributed by atoms with van der Waals surface area (Å²) in [7, 11) is 0. The molecule has 2 N–H and O–H groups in total. The highest BCUT2D eigenvalue weighted by Crippen LogP contribution is 2.29. The summed E-state index contributed by atoms with van der Waals surface area (Å²) in [6.07, 6.45) is 0. The third-order valence-electron chi connectivity index (χ3n) is 4.70. The zero-order valence-corrected chi connectivity index (χ0v) is 18.6. The Morgan fingerprint density at radius 2 is 1.62 bits per heavy atom. The number of nitrogens with one attached hydrogen (secondary N) is 2. The number of rotatable bonds is 7. The molecule has 3 amide bonds. The smallest absolute Gasteiger partial charge is 0.321 e. The van der Waals surface area contributed by atoms with Crippen LogP contribution in [0.15, 0.2) is 84.0 Å². The van der Waals surface area contributed by atoms with Crippen LogP contribution in [-0.2, 0) is 11.3 Å². The van der Waals surface area contributed by atoms with E-state index >= 15 is 0 Å². The van der Waals surface area contributed by atoms with Gasteiger partial charge in [0.25, 0.3) is 0 Å². The average molecular weight is 480 g/mol. The van der Waals surface area contributed by atoms with Crippen molar-refractivity contribution in [3.8, 4) is 17.1 Å². The van der Waals surface area contributed by atoms with Crippen LogP contribution in [0, 0.1) is 11.6 Å². The Kier molecular flexibility index (Phi) is 7.28. The maximum Gasteiger partial charge on any atom is 0.321 e. The zero-order valence-electron chi connectivity index (χ0n) is 17.7. The maximum absolute atomic E-state index is 14.6. The third kappa shape index (κ3) is 5.65. The van der Waals surface area contributed by atoms with Gasteiger partial charge < -0.3 is 5.32 Å². The molecule has 0 aliphatic heterocycles. The first kappa shape index (κ1) is 23.1. The van der Waals surface area contributed by atoms with E-state index in [9.17, 15) is 18.4 Å². The van der Waals surface area contributed by atoms with Crippen molar-refractivity contribution in [1.82, 2.24) is 25.4 Å². The van der Waals surface area contributed by atoms with Gasteiger partial charge in [-0.15, -0.1) is 10.2 Å². The van der Waals surface area contributed by atoms with Crippen LogP contribution in [0.25, 0.3) is 17.1 Å². The Morgan fingerprint density at radius 3 is 2.32 bits per heavy atom. The number of thioether (sulfide) groups is 1. The second kappa shape index (κ2) is 10.7. The highest BCUT2D eigenvalue weighted by Gasteiger charge is 2.20. The van der Waals surface area contributed by atoms with Crippen LogP contribution in [0.2, 0.25) is 0 Å². The molecule has 1 aromatic heterocycles. The number of imide groups is 1. The van der Waals surface area contributed by atoms with Crippen LogP contribution in [0.3, 0.4) is 0 Å². The summed E-state index contributed by atoms with van der Waals surface area (Å²) in [6, 6.07) is 20.8. The number of amides is 3. The minimum Gasteiger partial charge on any atom is -0.334 e. The van der Waals surface area contributed by atoms with E-state index in [1.54, 1.807) is 24.3 Å². The number of hydrogen-bond acceptors (Lipinski definition) is 5. The first-order valence-electron chi connectivity index (χ1n) is 10.2. The first-order chi connectivity index (χ1) is 16.5. The molecule has 7 nitrogen and oxygen atoms in total. The number of urea groups is 1. The summed E-state index contributed by atoms with van der Waals surface area (Å²) in [4.78, 5) is 24.3. The van der Waals surface area contributed by atoms with E-state index in [0.29, 0.717) is 11.4 Å². The molecule has 0 bridgehead atoms. The summed E-state index contributed by atoms with van der Waals surface area (Å²) in [5, 5.41) is 13.3. The van der Waals surface area contributed by atoms with Crippen LogP contribution in [0.5, 0.6) is 0 Å². The largest absolute Gasteiger partial charge is 0.334 e. The molecule has 0 radical (unpaired) electrons. The molecule has 34 heavy (non-hydrogen) atoms. The number of aromatic nitrogens is 3. The Hall–Kier alpha value is -4.05.